The average molecular weight is 319 g/mol. The number of hydrogen-bond acceptors (Lipinski definition) is 1. The van der Waals surface area contributed by atoms with E-state index in [-0.39, 0.29) is 0 Å². The molecule has 0 radical (unpaired) electrons. The lowest BCUT2D eigenvalue weighted by atomic mass is 10.2. The molecular formula is C22H38O. The Morgan fingerprint density at radius 1 is 0.435 bits per heavy atom. The normalized spacial score (nSPS) is 7.57. The molecule has 0 amide bonds. The minimum atomic E-state index is 0.879. The summed E-state index contributed by atoms with van der Waals surface area (Å²) in [6.07, 6.45) is 0. The van der Waals surface area contributed by atoms with E-state index in [1.165, 1.54) is 11.1 Å². The first-order chi connectivity index (χ1) is 11.2. The monoisotopic (exact) mass is 318 g/mol. The van der Waals surface area contributed by atoms with Gasteiger partial charge >= 0.3 is 0 Å². The molecule has 0 aliphatic heterocycles. The maximum Gasteiger partial charge on any atom is 0.127 e. The molecule has 0 bridgehead atoms. The molecule has 2 aromatic carbocycles. The van der Waals surface area contributed by atoms with Gasteiger partial charge in [-0.1, -0.05) is 90.8 Å². The van der Waals surface area contributed by atoms with Crippen LogP contribution in [0.25, 0.3) is 0 Å². The van der Waals surface area contributed by atoms with E-state index in [2.05, 4.69) is 13.8 Å². The second kappa shape index (κ2) is 20.2. The Morgan fingerprint density at radius 2 is 0.652 bits per heavy atom. The van der Waals surface area contributed by atoms with Crippen LogP contribution in [0.1, 0.15) is 66.5 Å². The molecule has 132 valence electrons. The molecule has 0 unspecified atom stereocenters. The smallest absolute Gasteiger partial charge is 0.127 e. The van der Waals surface area contributed by atoms with Crippen molar-refractivity contribution in [3.05, 3.63) is 59.7 Å². The van der Waals surface area contributed by atoms with E-state index in [9.17, 15) is 0 Å². The highest BCUT2D eigenvalue weighted by Gasteiger charge is 1.95. The summed E-state index contributed by atoms with van der Waals surface area (Å²) in [5.74, 6) is 1.76. The lowest BCUT2D eigenvalue weighted by Crippen LogP contribution is -1.84. The predicted molar refractivity (Wildman–Crippen MR) is 108 cm³/mol. The molecule has 1 nitrogen and oxygen atoms in total. The van der Waals surface area contributed by atoms with Crippen LogP contribution in [-0.2, 0) is 0 Å². The summed E-state index contributed by atoms with van der Waals surface area (Å²) in [6, 6.07) is 16.1. The van der Waals surface area contributed by atoms with Gasteiger partial charge in [0.25, 0.3) is 0 Å². The summed E-state index contributed by atoms with van der Waals surface area (Å²) in [7, 11) is 0. The summed E-state index contributed by atoms with van der Waals surface area (Å²) < 4.78 is 5.69. The second-order valence-corrected chi connectivity index (χ2v) is 3.73. The molecule has 0 atom stereocenters. The first-order valence-corrected chi connectivity index (χ1v) is 9.05. The molecule has 0 aromatic heterocycles. The Morgan fingerprint density at radius 3 is 0.870 bits per heavy atom. The van der Waals surface area contributed by atoms with E-state index in [0.717, 1.165) is 11.5 Å². The maximum atomic E-state index is 5.69. The molecule has 0 aliphatic carbocycles. The highest BCUT2D eigenvalue weighted by atomic mass is 16.5. The molecule has 0 aliphatic rings. The SMILES string of the molecule is CC.CC.CC.CC.Cc1ccc(Oc2ccc(C)cc2)cc1. The molecule has 0 heterocycles. The van der Waals surface area contributed by atoms with E-state index < -0.39 is 0 Å². The third-order valence-electron chi connectivity index (χ3n) is 2.28. The Labute approximate surface area is 145 Å². The predicted octanol–water partition coefficient (Wildman–Crippen LogP) is 8.20. The van der Waals surface area contributed by atoms with Gasteiger partial charge in [0.2, 0.25) is 0 Å². The van der Waals surface area contributed by atoms with Crippen LogP contribution in [0.4, 0.5) is 0 Å². The summed E-state index contributed by atoms with van der Waals surface area (Å²) in [5.41, 5.74) is 2.48. The highest BCUT2D eigenvalue weighted by Crippen LogP contribution is 2.21. The Balaban J connectivity index is -0.000000438. The van der Waals surface area contributed by atoms with Crippen molar-refractivity contribution in [1.82, 2.24) is 0 Å². The second-order valence-electron chi connectivity index (χ2n) is 3.73. The van der Waals surface area contributed by atoms with Gasteiger partial charge in [0, 0.05) is 0 Å². The zero-order valence-electron chi connectivity index (χ0n) is 17.0. The van der Waals surface area contributed by atoms with Crippen LogP contribution in [0.15, 0.2) is 48.5 Å². The minimum Gasteiger partial charge on any atom is -0.457 e. The van der Waals surface area contributed by atoms with E-state index in [4.69, 9.17) is 4.74 Å². The average Bonchev–Trinajstić information content (AvgIpc) is 2.66. The highest BCUT2D eigenvalue weighted by molar-refractivity contribution is 5.33. The van der Waals surface area contributed by atoms with Crippen LogP contribution < -0.4 is 4.74 Å². The number of hydrogen-bond donors (Lipinski definition) is 0. The van der Waals surface area contributed by atoms with Crippen LogP contribution in [0, 0.1) is 13.8 Å². The van der Waals surface area contributed by atoms with Gasteiger partial charge in [0.1, 0.15) is 11.5 Å². The first kappa shape index (κ1) is 26.2. The van der Waals surface area contributed by atoms with Crippen molar-refractivity contribution in [3.63, 3.8) is 0 Å². The molecule has 0 spiro atoms. The molecule has 0 saturated carbocycles. The van der Waals surface area contributed by atoms with Crippen molar-refractivity contribution in [2.75, 3.05) is 0 Å². The van der Waals surface area contributed by atoms with Gasteiger partial charge in [-0.3, -0.25) is 0 Å². The maximum absolute atomic E-state index is 5.69. The molecule has 2 rings (SSSR count). The topological polar surface area (TPSA) is 9.23 Å². The van der Waals surface area contributed by atoms with Gasteiger partial charge in [-0.05, 0) is 38.1 Å². The van der Waals surface area contributed by atoms with Gasteiger partial charge in [0.15, 0.2) is 0 Å². The molecule has 23 heavy (non-hydrogen) atoms. The minimum absolute atomic E-state index is 0.879. The van der Waals surface area contributed by atoms with Gasteiger partial charge < -0.3 is 4.74 Å². The van der Waals surface area contributed by atoms with Gasteiger partial charge in [0.05, 0.1) is 0 Å². The fourth-order valence-electron chi connectivity index (χ4n) is 1.35. The van der Waals surface area contributed by atoms with Crippen molar-refractivity contribution in [2.45, 2.75) is 69.2 Å². The van der Waals surface area contributed by atoms with Crippen molar-refractivity contribution in [1.29, 1.82) is 0 Å². The first-order valence-electron chi connectivity index (χ1n) is 9.05. The molecule has 1 heteroatoms. The third kappa shape index (κ3) is 13.6. The number of ether oxygens (including phenoxy) is 1. The van der Waals surface area contributed by atoms with Gasteiger partial charge in [-0.2, -0.15) is 0 Å². The number of rotatable bonds is 2. The fourth-order valence-corrected chi connectivity index (χ4v) is 1.35. The van der Waals surface area contributed by atoms with Crippen LogP contribution in [-0.4, -0.2) is 0 Å². The van der Waals surface area contributed by atoms with Crippen LogP contribution in [0.2, 0.25) is 0 Å². The van der Waals surface area contributed by atoms with Crippen molar-refractivity contribution in [3.8, 4) is 11.5 Å². The van der Waals surface area contributed by atoms with Crippen molar-refractivity contribution in [2.24, 2.45) is 0 Å². The Kier molecular flexibility index (Phi) is 23.0. The van der Waals surface area contributed by atoms with E-state index in [1.807, 2.05) is 104 Å². The molecule has 0 N–H and O–H groups in total. The zero-order valence-corrected chi connectivity index (χ0v) is 17.0. The molecule has 0 saturated heterocycles. The van der Waals surface area contributed by atoms with Crippen molar-refractivity contribution >= 4 is 0 Å². The Hall–Kier alpha value is -1.76. The third-order valence-corrected chi connectivity index (χ3v) is 2.28. The molecule has 2 aromatic rings. The molecular weight excluding hydrogens is 280 g/mol. The van der Waals surface area contributed by atoms with Crippen LogP contribution in [0.5, 0.6) is 11.5 Å². The standard InChI is InChI=1S/C14H14O.4C2H6/c1-11-3-7-13(8-4-11)15-14-9-5-12(2)6-10-14;4*1-2/h3-10H,1-2H3;4*1-2H3. The summed E-state index contributed by atoms with van der Waals surface area (Å²) in [4.78, 5) is 0. The fraction of sp³-hybridized carbons (Fsp3) is 0.455. The summed E-state index contributed by atoms with van der Waals surface area (Å²) in [6.45, 7) is 20.1. The summed E-state index contributed by atoms with van der Waals surface area (Å²) >= 11 is 0. The van der Waals surface area contributed by atoms with Crippen molar-refractivity contribution < 1.29 is 4.74 Å². The number of aryl methyl sites for hydroxylation is 2. The molecule has 0 fully saturated rings. The van der Waals surface area contributed by atoms with Crippen LogP contribution >= 0.6 is 0 Å². The van der Waals surface area contributed by atoms with Gasteiger partial charge in [-0.25, -0.2) is 0 Å². The van der Waals surface area contributed by atoms with E-state index in [1.54, 1.807) is 0 Å². The lowest BCUT2D eigenvalue weighted by molar-refractivity contribution is 0.482. The van der Waals surface area contributed by atoms with Gasteiger partial charge in [-0.15, -0.1) is 0 Å². The number of benzene rings is 2. The van der Waals surface area contributed by atoms with Crippen LogP contribution in [0.3, 0.4) is 0 Å². The Bertz CT molecular complexity index is 383. The largest absolute Gasteiger partial charge is 0.457 e. The quantitative estimate of drug-likeness (QED) is 0.542. The lowest BCUT2D eigenvalue weighted by Gasteiger charge is -2.05. The van der Waals surface area contributed by atoms with E-state index in [0.29, 0.717) is 0 Å². The summed E-state index contributed by atoms with van der Waals surface area (Å²) in [5, 5.41) is 0. The zero-order chi connectivity index (χ0) is 18.7. The van der Waals surface area contributed by atoms with E-state index >= 15 is 0 Å².